The van der Waals surface area contributed by atoms with E-state index in [1.807, 2.05) is 6.92 Å². The van der Waals surface area contributed by atoms with Crippen LogP contribution in [0.4, 0.5) is 0 Å². The number of aldehydes is 1. The molecule has 1 saturated carbocycles. The van der Waals surface area contributed by atoms with E-state index >= 15 is 0 Å². The van der Waals surface area contributed by atoms with E-state index in [0.29, 0.717) is 25.2 Å². The van der Waals surface area contributed by atoms with E-state index in [9.17, 15) is 9.59 Å². The third kappa shape index (κ3) is 3.82. The molecule has 5 nitrogen and oxygen atoms in total. The third-order valence-electron chi connectivity index (χ3n) is 3.83. The van der Waals surface area contributed by atoms with Crippen LogP contribution in [0.2, 0.25) is 0 Å². The minimum Gasteiger partial charge on any atom is -0.490 e. The Morgan fingerprint density at radius 2 is 1.95 bits per heavy atom. The molecule has 0 aromatic heterocycles. The van der Waals surface area contributed by atoms with Crippen LogP contribution in [0, 0.1) is 0 Å². The van der Waals surface area contributed by atoms with Crippen LogP contribution in [-0.2, 0) is 9.53 Å². The number of carboxylic acids is 1. The lowest BCUT2D eigenvalue weighted by atomic mass is 9.84. The molecule has 114 valence electrons. The number of hydrogen-bond acceptors (Lipinski definition) is 4. The van der Waals surface area contributed by atoms with Crippen molar-refractivity contribution >= 4 is 12.3 Å². The van der Waals surface area contributed by atoms with Gasteiger partial charge in [-0.1, -0.05) is 0 Å². The van der Waals surface area contributed by atoms with Gasteiger partial charge < -0.3 is 19.4 Å². The van der Waals surface area contributed by atoms with E-state index in [4.69, 9.17) is 14.6 Å². The first-order valence-electron chi connectivity index (χ1n) is 7.19. The maximum absolute atomic E-state index is 11.2. The fraction of sp³-hybridized carbons (Fsp3) is 0.500. The lowest BCUT2D eigenvalue weighted by molar-refractivity contribution is -0.137. The Hall–Kier alpha value is -1.88. The Morgan fingerprint density at radius 3 is 2.43 bits per heavy atom. The van der Waals surface area contributed by atoms with Gasteiger partial charge in [0.25, 0.3) is 0 Å². The summed E-state index contributed by atoms with van der Waals surface area (Å²) in [7, 11) is 0. The van der Waals surface area contributed by atoms with E-state index < -0.39 is 11.6 Å². The number of carbonyl (C=O) groups excluding carboxylic acids is 1. The van der Waals surface area contributed by atoms with Crippen molar-refractivity contribution < 1.29 is 24.2 Å². The fourth-order valence-corrected chi connectivity index (χ4v) is 2.65. The van der Waals surface area contributed by atoms with Gasteiger partial charge in [0, 0.05) is 6.61 Å². The molecule has 0 atom stereocenters. The van der Waals surface area contributed by atoms with Crippen molar-refractivity contribution in [1.82, 2.24) is 0 Å². The summed E-state index contributed by atoms with van der Waals surface area (Å²) in [6.07, 6.45) is 3.76. The molecule has 0 amide bonds. The maximum atomic E-state index is 11.2. The van der Waals surface area contributed by atoms with Crippen molar-refractivity contribution in [2.75, 3.05) is 6.61 Å². The van der Waals surface area contributed by atoms with Crippen LogP contribution in [0.25, 0.3) is 0 Å². The van der Waals surface area contributed by atoms with Crippen LogP contribution in [0.3, 0.4) is 0 Å². The van der Waals surface area contributed by atoms with E-state index in [1.165, 1.54) is 12.1 Å². The molecule has 1 aromatic carbocycles. The fourth-order valence-electron chi connectivity index (χ4n) is 2.65. The summed E-state index contributed by atoms with van der Waals surface area (Å²) < 4.78 is 11.4. The molecule has 0 bridgehead atoms. The smallest absolute Gasteiger partial charge is 0.335 e. The normalized spacial score (nSPS) is 25.3. The van der Waals surface area contributed by atoms with Gasteiger partial charge in [0.2, 0.25) is 0 Å². The minimum atomic E-state index is -0.952. The van der Waals surface area contributed by atoms with Crippen molar-refractivity contribution in [1.29, 1.82) is 0 Å². The zero-order chi connectivity index (χ0) is 15.3. The van der Waals surface area contributed by atoms with Gasteiger partial charge in [0.05, 0.1) is 11.7 Å². The predicted molar refractivity (Wildman–Crippen MR) is 76.7 cm³/mol. The second kappa shape index (κ2) is 6.72. The van der Waals surface area contributed by atoms with Gasteiger partial charge in [0.15, 0.2) is 6.29 Å². The second-order valence-corrected chi connectivity index (χ2v) is 5.26. The highest BCUT2D eigenvalue weighted by Gasteiger charge is 2.36. The summed E-state index contributed by atoms with van der Waals surface area (Å²) in [5.41, 5.74) is -0.413. The molecule has 21 heavy (non-hydrogen) atoms. The van der Waals surface area contributed by atoms with Gasteiger partial charge in [-0.2, -0.15) is 0 Å². The standard InChI is InChI=1S/C16H20O5/c1-2-20-16(11-17)9-7-14(8-10-16)21-13-5-3-12(4-6-13)15(18)19/h3-6,11,14H,2,7-10H2,1H3,(H,18,19). The van der Waals surface area contributed by atoms with Crippen LogP contribution >= 0.6 is 0 Å². The van der Waals surface area contributed by atoms with Gasteiger partial charge in [-0.3, -0.25) is 0 Å². The van der Waals surface area contributed by atoms with E-state index in [0.717, 1.165) is 19.1 Å². The number of hydrogen-bond donors (Lipinski definition) is 1. The first-order chi connectivity index (χ1) is 10.1. The molecule has 2 rings (SSSR count). The largest absolute Gasteiger partial charge is 0.490 e. The van der Waals surface area contributed by atoms with Gasteiger partial charge in [-0.15, -0.1) is 0 Å². The molecule has 5 heteroatoms. The zero-order valence-electron chi connectivity index (χ0n) is 12.1. The Bertz CT molecular complexity index is 486. The summed E-state index contributed by atoms with van der Waals surface area (Å²) in [5.74, 6) is -0.299. The lowest BCUT2D eigenvalue weighted by Gasteiger charge is -2.35. The Labute approximate surface area is 123 Å². The molecule has 0 unspecified atom stereocenters. The van der Waals surface area contributed by atoms with Crippen molar-refractivity contribution in [3.63, 3.8) is 0 Å². The summed E-state index contributed by atoms with van der Waals surface area (Å²) in [4.78, 5) is 22.0. The molecule has 0 heterocycles. The first kappa shape index (κ1) is 15.5. The van der Waals surface area contributed by atoms with Crippen LogP contribution in [0.15, 0.2) is 24.3 Å². The molecule has 0 radical (unpaired) electrons. The molecule has 0 aliphatic heterocycles. The molecule has 0 saturated heterocycles. The lowest BCUT2D eigenvalue weighted by Crippen LogP contribution is -2.41. The molecular formula is C16H20O5. The average molecular weight is 292 g/mol. The number of rotatable bonds is 6. The SMILES string of the molecule is CCOC1(C=O)CCC(Oc2ccc(C(=O)O)cc2)CC1. The van der Waals surface area contributed by atoms with Crippen molar-refractivity contribution in [3.05, 3.63) is 29.8 Å². The van der Waals surface area contributed by atoms with Crippen LogP contribution in [0.1, 0.15) is 43.0 Å². The van der Waals surface area contributed by atoms with E-state index in [2.05, 4.69) is 0 Å². The maximum Gasteiger partial charge on any atom is 0.335 e. The molecule has 0 spiro atoms. The summed E-state index contributed by atoms with van der Waals surface area (Å²) in [6.45, 7) is 2.42. The summed E-state index contributed by atoms with van der Waals surface area (Å²) in [5, 5.41) is 8.84. The Kier molecular flexibility index (Phi) is 4.96. The molecule has 1 aromatic rings. The zero-order valence-corrected chi connectivity index (χ0v) is 12.1. The minimum absolute atomic E-state index is 0.0363. The molecule has 1 aliphatic carbocycles. The average Bonchev–Trinajstić information content (AvgIpc) is 2.50. The molecule has 1 fully saturated rings. The second-order valence-electron chi connectivity index (χ2n) is 5.26. The van der Waals surface area contributed by atoms with Crippen molar-refractivity contribution in [3.8, 4) is 5.75 Å². The summed E-state index contributed by atoms with van der Waals surface area (Å²) >= 11 is 0. The number of ether oxygens (including phenoxy) is 2. The van der Waals surface area contributed by atoms with Crippen LogP contribution in [-0.4, -0.2) is 35.7 Å². The Morgan fingerprint density at radius 1 is 1.33 bits per heavy atom. The van der Waals surface area contributed by atoms with Crippen molar-refractivity contribution in [2.24, 2.45) is 0 Å². The van der Waals surface area contributed by atoms with Gasteiger partial charge in [0.1, 0.15) is 11.4 Å². The van der Waals surface area contributed by atoms with Crippen molar-refractivity contribution in [2.45, 2.75) is 44.3 Å². The number of carbonyl (C=O) groups is 2. The summed E-state index contributed by atoms with van der Waals surface area (Å²) in [6, 6.07) is 6.37. The molecule has 1 aliphatic rings. The van der Waals surface area contributed by atoms with E-state index in [-0.39, 0.29) is 11.7 Å². The van der Waals surface area contributed by atoms with Crippen LogP contribution < -0.4 is 4.74 Å². The highest BCUT2D eigenvalue weighted by atomic mass is 16.5. The first-order valence-corrected chi connectivity index (χ1v) is 7.19. The highest BCUT2D eigenvalue weighted by molar-refractivity contribution is 5.87. The number of carboxylic acid groups (broad SMARTS) is 1. The van der Waals surface area contributed by atoms with Gasteiger partial charge in [-0.25, -0.2) is 4.79 Å². The molecular weight excluding hydrogens is 272 g/mol. The van der Waals surface area contributed by atoms with Gasteiger partial charge in [-0.05, 0) is 56.9 Å². The molecule has 1 N–H and O–H groups in total. The quantitative estimate of drug-likeness (QED) is 0.816. The highest BCUT2D eigenvalue weighted by Crippen LogP contribution is 2.32. The number of aromatic carboxylic acids is 1. The predicted octanol–water partition coefficient (Wildman–Crippen LogP) is 2.68. The topological polar surface area (TPSA) is 72.8 Å². The number of benzene rings is 1. The monoisotopic (exact) mass is 292 g/mol. The Balaban J connectivity index is 1.91. The van der Waals surface area contributed by atoms with E-state index in [1.54, 1.807) is 12.1 Å². The van der Waals surface area contributed by atoms with Crippen LogP contribution in [0.5, 0.6) is 5.75 Å². The third-order valence-corrected chi connectivity index (χ3v) is 3.83. The van der Waals surface area contributed by atoms with Gasteiger partial charge >= 0.3 is 5.97 Å².